The van der Waals surface area contributed by atoms with E-state index in [1.54, 1.807) is 51.5 Å². The molecule has 0 radical (unpaired) electrons. The van der Waals surface area contributed by atoms with Gasteiger partial charge in [0.05, 0.1) is 17.3 Å². The first-order valence-electron chi connectivity index (χ1n) is 22.8. The number of nitrogens with zero attached hydrogens (tertiary/aromatic N) is 5. The van der Waals surface area contributed by atoms with Crippen molar-refractivity contribution >= 4 is 17.8 Å². The number of ether oxygens (including phenoxy) is 1. The van der Waals surface area contributed by atoms with Crippen molar-refractivity contribution in [3.8, 4) is 39.7 Å². The van der Waals surface area contributed by atoms with Gasteiger partial charge >= 0.3 is 25.8 Å². The molecule has 10 nitrogen and oxygen atoms in total. The van der Waals surface area contributed by atoms with Gasteiger partial charge in [0.2, 0.25) is 46.6 Å². The quantitative estimate of drug-likeness (QED) is 0.0285. The monoisotopic (exact) mass is 1160 g/mol. The normalized spacial score (nSPS) is 11.8. The van der Waals surface area contributed by atoms with Crippen molar-refractivity contribution in [1.82, 2.24) is 30.2 Å². The van der Waals surface area contributed by atoms with E-state index in [9.17, 15) is 36.3 Å². The standard InChI is InChI=1S/C31H31F5N3O4.C13H12N.C12H12N2.Os/c1-5-19(31(42)43-28-26(35)24(33)23(32)25(34)27(28)36)15-21(14-17(2)30(41)39(3)4)29(40)38-16-18-9-11-20(12-10-18)22-8-6-7-13-37-22;1-10-4-3-5-12(8-10)13-9-11(2)6-7-14-13;1-9-3-5-13-11(7-9)12-8-10(2)4-6-14-12;/h6-11,13,17,19,21H,5,14-16H2,1-4H3,(H,38,40);3-4,6-9H,1-2H3;3-8H,1-2H3;/q2*-1;;+2. The van der Waals surface area contributed by atoms with E-state index in [1.165, 1.54) is 34.1 Å². The summed E-state index contributed by atoms with van der Waals surface area (Å²) in [7, 11) is 3.10. The minimum absolute atomic E-state index is 0. The number of halogens is 5. The van der Waals surface area contributed by atoms with Gasteiger partial charge in [0.15, 0.2) is 0 Å². The van der Waals surface area contributed by atoms with Gasteiger partial charge in [0.1, 0.15) is 0 Å². The van der Waals surface area contributed by atoms with Gasteiger partial charge in [0, 0.05) is 57.3 Å². The first-order valence-corrected chi connectivity index (χ1v) is 22.8. The topological polar surface area (TPSA) is 127 Å². The van der Waals surface area contributed by atoms with E-state index >= 15 is 0 Å². The maximum atomic E-state index is 14.1. The van der Waals surface area contributed by atoms with Crippen LogP contribution < -0.4 is 10.1 Å². The number of hydrogen-bond acceptors (Lipinski definition) is 8. The van der Waals surface area contributed by atoms with Gasteiger partial charge in [-0.25, -0.2) is 13.2 Å². The third-order valence-electron chi connectivity index (χ3n) is 11.2. The third-order valence-corrected chi connectivity index (χ3v) is 11.2. The first kappa shape index (κ1) is 57.5. The minimum Gasteiger partial charge on any atom is -0.420 e. The van der Waals surface area contributed by atoms with Crippen LogP contribution in [0.4, 0.5) is 22.0 Å². The first-order chi connectivity index (χ1) is 33.9. The van der Waals surface area contributed by atoms with Crippen LogP contribution in [0.15, 0.2) is 116 Å². The maximum Gasteiger partial charge on any atom is 2.00 e. The molecule has 376 valence electrons. The Morgan fingerprint density at radius 3 is 1.67 bits per heavy atom. The second kappa shape index (κ2) is 27.5. The molecule has 3 unspecified atom stereocenters. The van der Waals surface area contributed by atoms with Gasteiger partial charge in [-0.1, -0.05) is 44.5 Å². The number of nitrogens with one attached hydrogen (secondary N) is 1. The fraction of sp³-hybridized carbons (Fsp3) is 0.268. The fourth-order valence-corrected chi connectivity index (χ4v) is 7.26. The molecular weight excluding hydrogens is 1110 g/mol. The number of esters is 1. The molecule has 3 aromatic carbocycles. The molecule has 2 amide bonds. The van der Waals surface area contributed by atoms with E-state index in [1.807, 2.05) is 73.2 Å². The Morgan fingerprint density at radius 1 is 0.625 bits per heavy atom. The largest absolute Gasteiger partial charge is 2.00 e. The van der Waals surface area contributed by atoms with Crippen molar-refractivity contribution in [3.05, 3.63) is 185 Å². The van der Waals surface area contributed by atoms with Gasteiger partial charge in [-0.2, -0.15) is 8.78 Å². The molecule has 1 N–H and O–H groups in total. The number of hydrogen-bond donors (Lipinski definition) is 1. The van der Waals surface area contributed by atoms with E-state index in [0.29, 0.717) is 5.56 Å². The summed E-state index contributed by atoms with van der Waals surface area (Å²) in [4.78, 5) is 57.2. The Kier molecular flexibility index (Phi) is 22.0. The molecule has 0 saturated heterocycles. The molecule has 4 heterocycles. The van der Waals surface area contributed by atoms with E-state index in [4.69, 9.17) is 0 Å². The molecule has 0 aliphatic rings. The Balaban J connectivity index is 0.000000310. The Labute approximate surface area is 430 Å². The fourth-order valence-electron chi connectivity index (χ4n) is 7.26. The predicted molar refractivity (Wildman–Crippen MR) is 262 cm³/mol. The molecule has 4 aromatic heterocycles. The van der Waals surface area contributed by atoms with Crippen LogP contribution >= 0.6 is 0 Å². The Bertz CT molecular complexity index is 2720. The van der Waals surface area contributed by atoms with Gasteiger partial charge in [0.25, 0.3) is 0 Å². The van der Waals surface area contributed by atoms with E-state index in [-0.39, 0.29) is 51.5 Å². The van der Waals surface area contributed by atoms with Crippen LogP contribution in [0.5, 0.6) is 5.75 Å². The van der Waals surface area contributed by atoms with Crippen LogP contribution in [0.25, 0.3) is 33.9 Å². The molecule has 0 spiro atoms. The van der Waals surface area contributed by atoms with Crippen LogP contribution in [-0.2, 0) is 40.7 Å². The summed E-state index contributed by atoms with van der Waals surface area (Å²) in [5.74, 6) is -18.0. The second-order valence-electron chi connectivity index (χ2n) is 17.2. The van der Waals surface area contributed by atoms with Crippen molar-refractivity contribution in [1.29, 1.82) is 0 Å². The van der Waals surface area contributed by atoms with Crippen molar-refractivity contribution in [2.24, 2.45) is 17.8 Å². The predicted octanol–water partition coefficient (Wildman–Crippen LogP) is 11.5. The summed E-state index contributed by atoms with van der Waals surface area (Å²) in [5, 5.41) is 2.78. The third kappa shape index (κ3) is 16.2. The maximum absolute atomic E-state index is 14.1. The second-order valence-corrected chi connectivity index (χ2v) is 17.2. The molecule has 16 heteroatoms. The van der Waals surface area contributed by atoms with Crippen molar-refractivity contribution in [3.63, 3.8) is 0 Å². The van der Waals surface area contributed by atoms with Gasteiger partial charge in [-0.3, -0.25) is 24.4 Å². The van der Waals surface area contributed by atoms with Gasteiger partial charge in [-0.15, -0.1) is 70.8 Å². The molecular formula is C56H55F5N6O4Os. The van der Waals surface area contributed by atoms with Gasteiger partial charge in [-0.05, 0) is 98.9 Å². The van der Waals surface area contributed by atoms with Crippen LogP contribution in [0, 0.1) is 86.7 Å². The van der Waals surface area contributed by atoms with E-state index in [0.717, 1.165) is 33.9 Å². The number of rotatable bonds is 14. The van der Waals surface area contributed by atoms with Crippen molar-refractivity contribution in [2.75, 3.05) is 14.1 Å². The van der Waals surface area contributed by atoms with Crippen LogP contribution in [0.2, 0.25) is 0 Å². The summed E-state index contributed by atoms with van der Waals surface area (Å²) < 4.78 is 73.6. The molecule has 7 aromatic rings. The molecule has 0 aliphatic heterocycles. The average Bonchev–Trinajstić information content (AvgIpc) is 3.37. The summed E-state index contributed by atoms with van der Waals surface area (Å²) >= 11 is 0. The van der Waals surface area contributed by atoms with Gasteiger partial charge < -0.3 is 24.9 Å². The Morgan fingerprint density at radius 2 is 1.17 bits per heavy atom. The smallest absolute Gasteiger partial charge is 0.420 e. The zero-order chi connectivity index (χ0) is 51.8. The molecule has 0 saturated carbocycles. The summed E-state index contributed by atoms with van der Waals surface area (Å²) in [6.07, 6.45) is 6.93. The SMILES string of the molecule is CCC(CC(CC(C)C(=O)N(C)C)C(=O)NCc1c[c-]c(-c2ccccn2)cc1)C(=O)Oc1c(F)c(F)c(F)c(F)c1F.Cc1cc[c-]c(-c2cc(C)ccn2)c1.Cc1ccnc(-c2cc(C)ccn2)c1.[Os+2]. The summed E-state index contributed by atoms with van der Waals surface area (Å²) in [5.41, 5.74) is 11.0. The number of carbonyl (C=O) groups excluding carboxylic acids is 3. The zero-order valence-electron chi connectivity index (χ0n) is 41.1. The van der Waals surface area contributed by atoms with Crippen LogP contribution in [0.1, 0.15) is 60.9 Å². The van der Waals surface area contributed by atoms with E-state index in [2.05, 4.69) is 81.9 Å². The number of pyridine rings is 4. The number of amides is 2. The van der Waals surface area contributed by atoms with Crippen LogP contribution in [0.3, 0.4) is 0 Å². The summed E-state index contributed by atoms with van der Waals surface area (Å²) in [6.45, 7) is 11.5. The minimum atomic E-state index is -2.39. The molecule has 7 rings (SSSR count). The number of aromatic nitrogens is 4. The number of carbonyl (C=O) groups is 3. The molecule has 72 heavy (non-hydrogen) atoms. The Hall–Kier alpha value is -7.04. The summed E-state index contributed by atoms with van der Waals surface area (Å²) in [6, 6.07) is 35.2. The van der Waals surface area contributed by atoms with E-state index < -0.39 is 64.5 Å². The molecule has 3 atom stereocenters. The number of benzene rings is 3. The van der Waals surface area contributed by atoms with Crippen molar-refractivity contribution in [2.45, 2.75) is 67.3 Å². The molecule has 0 bridgehead atoms. The average molecular weight is 1160 g/mol. The van der Waals surface area contributed by atoms with Crippen molar-refractivity contribution < 1.29 is 60.9 Å². The molecule has 0 fully saturated rings. The zero-order valence-corrected chi connectivity index (χ0v) is 43.7. The number of aryl methyl sites for hydroxylation is 4. The molecule has 0 aliphatic carbocycles. The van der Waals surface area contributed by atoms with Crippen LogP contribution in [-0.4, -0.2) is 56.7 Å².